The number of hydrogen-bond donors (Lipinski definition) is 0. The Labute approximate surface area is 148 Å². The Kier molecular flexibility index (Phi) is 9.05. The van der Waals surface area contributed by atoms with Gasteiger partial charge in [-0.1, -0.05) is 87.4 Å². The molecule has 0 atom stereocenters. The average Bonchev–Trinajstić information content (AvgIpc) is 2.64. The number of rotatable bonds is 11. The van der Waals surface area contributed by atoms with Crippen molar-refractivity contribution in [2.45, 2.75) is 45.2 Å². The Hall–Kier alpha value is -1.21. The first-order valence-corrected chi connectivity index (χ1v) is 10.3. The van der Waals surface area contributed by atoms with Crippen LogP contribution >= 0.6 is 8.38 Å². The third-order valence-corrected chi connectivity index (χ3v) is 5.77. The molecule has 2 nitrogen and oxygen atoms in total. The van der Waals surface area contributed by atoms with Crippen molar-refractivity contribution < 1.29 is 9.05 Å². The van der Waals surface area contributed by atoms with Gasteiger partial charge in [0.1, 0.15) is 0 Å². The number of unbranched alkanes of at least 4 members (excludes halogenated alkanes) is 2. The van der Waals surface area contributed by atoms with E-state index in [2.05, 4.69) is 74.5 Å². The molecule has 0 spiro atoms. The second-order valence-corrected chi connectivity index (χ2v) is 7.49. The zero-order chi connectivity index (χ0) is 17.0. The van der Waals surface area contributed by atoms with Crippen molar-refractivity contribution in [1.29, 1.82) is 0 Å². The summed E-state index contributed by atoms with van der Waals surface area (Å²) in [4.78, 5) is 0. The smallest absolute Gasteiger partial charge is 0.183 e. The van der Waals surface area contributed by atoms with Crippen LogP contribution in [0.15, 0.2) is 60.7 Å². The van der Waals surface area contributed by atoms with Crippen LogP contribution in [-0.4, -0.2) is 13.2 Å². The molecule has 0 fully saturated rings. The third kappa shape index (κ3) is 6.02. The molecule has 0 saturated heterocycles. The zero-order valence-corrected chi connectivity index (χ0v) is 15.8. The lowest BCUT2D eigenvalue weighted by Crippen LogP contribution is -2.06. The topological polar surface area (TPSA) is 18.5 Å². The van der Waals surface area contributed by atoms with Gasteiger partial charge in [0.15, 0.2) is 8.38 Å². The summed E-state index contributed by atoms with van der Waals surface area (Å²) in [5, 5.41) is 0. The van der Waals surface area contributed by atoms with Crippen LogP contribution in [0.1, 0.15) is 56.3 Å². The molecule has 2 aromatic rings. The van der Waals surface area contributed by atoms with Gasteiger partial charge in [-0.2, -0.15) is 0 Å². The lowest BCUT2D eigenvalue weighted by Gasteiger charge is -2.27. The summed E-state index contributed by atoms with van der Waals surface area (Å²) in [6.45, 7) is 5.92. The second kappa shape index (κ2) is 11.4. The minimum absolute atomic E-state index is 0.163. The Bertz CT molecular complexity index is 495. The van der Waals surface area contributed by atoms with Crippen molar-refractivity contribution in [1.82, 2.24) is 0 Å². The highest BCUT2D eigenvalue weighted by molar-refractivity contribution is 7.48. The van der Waals surface area contributed by atoms with Gasteiger partial charge in [-0.15, -0.1) is 0 Å². The maximum atomic E-state index is 6.24. The maximum Gasteiger partial charge on any atom is 0.183 e. The molecular weight excluding hydrogens is 315 g/mol. The van der Waals surface area contributed by atoms with E-state index in [0.717, 1.165) is 38.9 Å². The zero-order valence-electron chi connectivity index (χ0n) is 14.9. The van der Waals surface area contributed by atoms with Gasteiger partial charge in [0.2, 0.25) is 0 Å². The summed E-state index contributed by atoms with van der Waals surface area (Å²) in [6.07, 6.45) is 4.43. The SMILES string of the molecule is CCCCOP(OCCCC)C(c1ccccc1)c1ccccc1. The largest absolute Gasteiger partial charge is 0.333 e. The molecule has 0 aliphatic rings. The van der Waals surface area contributed by atoms with E-state index >= 15 is 0 Å². The monoisotopic (exact) mass is 344 g/mol. The normalized spacial score (nSPS) is 11.3. The highest BCUT2D eigenvalue weighted by Gasteiger charge is 2.27. The van der Waals surface area contributed by atoms with Crippen LogP contribution in [0.4, 0.5) is 0 Å². The van der Waals surface area contributed by atoms with Crippen LogP contribution in [0.25, 0.3) is 0 Å². The quantitative estimate of drug-likeness (QED) is 0.333. The fourth-order valence-corrected chi connectivity index (χ4v) is 4.31. The molecule has 0 aliphatic carbocycles. The molecule has 0 amide bonds. The molecule has 3 heteroatoms. The number of benzene rings is 2. The first kappa shape index (κ1) is 19.1. The third-order valence-electron chi connectivity index (χ3n) is 3.87. The van der Waals surface area contributed by atoms with Crippen molar-refractivity contribution >= 4 is 8.38 Å². The predicted octanol–water partition coefficient (Wildman–Crippen LogP) is 6.72. The Balaban J connectivity index is 2.25. The summed E-state index contributed by atoms with van der Waals surface area (Å²) in [5.41, 5.74) is 2.70. The van der Waals surface area contributed by atoms with Gasteiger partial charge in [-0.05, 0) is 24.0 Å². The van der Waals surface area contributed by atoms with Gasteiger partial charge >= 0.3 is 0 Å². The Morgan fingerprint density at radius 2 is 1.12 bits per heavy atom. The van der Waals surface area contributed by atoms with E-state index in [0.29, 0.717) is 0 Å². The lowest BCUT2D eigenvalue weighted by atomic mass is 10.0. The van der Waals surface area contributed by atoms with E-state index in [9.17, 15) is 0 Å². The Morgan fingerprint density at radius 3 is 1.50 bits per heavy atom. The van der Waals surface area contributed by atoms with Gasteiger partial charge in [0, 0.05) is 0 Å². The van der Waals surface area contributed by atoms with Crippen LogP contribution in [-0.2, 0) is 9.05 Å². The maximum absolute atomic E-state index is 6.24. The molecule has 0 aromatic heterocycles. The van der Waals surface area contributed by atoms with Gasteiger partial charge < -0.3 is 9.05 Å². The van der Waals surface area contributed by atoms with E-state index in [1.807, 2.05) is 0 Å². The molecule has 0 heterocycles. The summed E-state index contributed by atoms with van der Waals surface area (Å²) in [6, 6.07) is 21.2. The fourth-order valence-electron chi connectivity index (χ4n) is 2.49. The van der Waals surface area contributed by atoms with Crippen molar-refractivity contribution in [2.75, 3.05) is 13.2 Å². The molecule has 0 bridgehead atoms. The van der Waals surface area contributed by atoms with Crippen LogP contribution in [0.2, 0.25) is 0 Å². The molecule has 0 saturated carbocycles. The predicted molar refractivity (Wildman–Crippen MR) is 103 cm³/mol. The van der Waals surface area contributed by atoms with E-state index in [1.165, 1.54) is 11.1 Å². The summed E-state index contributed by atoms with van der Waals surface area (Å²) < 4.78 is 12.5. The molecular formula is C21H29O2P. The van der Waals surface area contributed by atoms with E-state index in [1.54, 1.807) is 0 Å². The van der Waals surface area contributed by atoms with Crippen molar-refractivity contribution in [3.8, 4) is 0 Å². The summed E-state index contributed by atoms with van der Waals surface area (Å²) in [7, 11) is -1.000. The molecule has 0 aliphatic heterocycles. The molecule has 24 heavy (non-hydrogen) atoms. The minimum Gasteiger partial charge on any atom is -0.333 e. The minimum atomic E-state index is -1.000. The lowest BCUT2D eigenvalue weighted by molar-refractivity contribution is 0.239. The van der Waals surface area contributed by atoms with Crippen LogP contribution in [0.5, 0.6) is 0 Å². The summed E-state index contributed by atoms with van der Waals surface area (Å²) in [5.74, 6) is 0. The van der Waals surface area contributed by atoms with E-state index < -0.39 is 8.38 Å². The molecule has 2 rings (SSSR count). The fraction of sp³-hybridized carbons (Fsp3) is 0.429. The van der Waals surface area contributed by atoms with Gasteiger partial charge in [0.25, 0.3) is 0 Å². The van der Waals surface area contributed by atoms with Crippen LogP contribution in [0.3, 0.4) is 0 Å². The van der Waals surface area contributed by atoms with Crippen molar-refractivity contribution in [2.24, 2.45) is 0 Å². The highest BCUT2D eigenvalue weighted by atomic mass is 31.2. The molecule has 0 radical (unpaired) electrons. The Morgan fingerprint density at radius 1 is 0.708 bits per heavy atom. The van der Waals surface area contributed by atoms with E-state index in [-0.39, 0.29) is 5.66 Å². The van der Waals surface area contributed by atoms with Crippen molar-refractivity contribution in [3.63, 3.8) is 0 Å². The molecule has 130 valence electrons. The summed E-state index contributed by atoms with van der Waals surface area (Å²) >= 11 is 0. The average molecular weight is 344 g/mol. The standard InChI is InChI=1S/C21H29O2P/c1-3-5-17-22-24(23-18-6-4-2)21(19-13-9-7-10-14-19)20-15-11-8-12-16-20/h7-16,21H,3-6,17-18H2,1-2H3. The van der Waals surface area contributed by atoms with Gasteiger partial charge in [0.05, 0.1) is 18.9 Å². The van der Waals surface area contributed by atoms with Gasteiger partial charge in [-0.25, -0.2) is 0 Å². The van der Waals surface area contributed by atoms with Crippen molar-refractivity contribution in [3.05, 3.63) is 71.8 Å². The number of hydrogen-bond acceptors (Lipinski definition) is 2. The first-order valence-electron chi connectivity index (χ1n) is 9.01. The van der Waals surface area contributed by atoms with Gasteiger partial charge in [-0.3, -0.25) is 0 Å². The molecule has 0 N–H and O–H groups in total. The van der Waals surface area contributed by atoms with E-state index in [4.69, 9.17) is 9.05 Å². The molecule has 0 unspecified atom stereocenters. The van der Waals surface area contributed by atoms with Crippen LogP contribution in [0, 0.1) is 0 Å². The molecule has 2 aromatic carbocycles. The first-order chi connectivity index (χ1) is 11.9. The second-order valence-electron chi connectivity index (χ2n) is 5.88. The van der Waals surface area contributed by atoms with Crippen LogP contribution < -0.4 is 0 Å². The highest BCUT2D eigenvalue weighted by Crippen LogP contribution is 2.56.